The van der Waals surface area contributed by atoms with Gasteiger partial charge in [0.15, 0.2) is 5.13 Å². The molecule has 2 atom stereocenters. The van der Waals surface area contributed by atoms with Crippen LogP contribution in [0.2, 0.25) is 0 Å². The third-order valence-corrected chi connectivity index (χ3v) is 6.34. The second-order valence-corrected chi connectivity index (χ2v) is 8.39. The zero-order chi connectivity index (χ0) is 20.5. The first-order valence-corrected chi connectivity index (χ1v) is 10.7. The molecule has 2 heterocycles. The number of para-hydroxylation sites is 1. The van der Waals surface area contributed by atoms with E-state index in [1.54, 1.807) is 16.9 Å². The Bertz CT molecular complexity index is 1190. The van der Waals surface area contributed by atoms with Gasteiger partial charge in [0.2, 0.25) is 0 Å². The Morgan fingerprint density at radius 3 is 2.87 bits per heavy atom. The van der Waals surface area contributed by atoms with Gasteiger partial charge >= 0.3 is 0 Å². The lowest BCUT2D eigenvalue weighted by Gasteiger charge is -2.22. The SMILES string of the molecule is O=C(N[C@H]1CCC[C@@H]1Nc1nc2ccc(F)cc2s1)c1ccccc1-n1cccn1. The molecule has 4 aromatic rings. The molecule has 0 saturated heterocycles. The molecule has 2 N–H and O–H groups in total. The summed E-state index contributed by atoms with van der Waals surface area (Å²) in [5.41, 5.74) is 2.11. The van der Waals surface area contributed by atoms with Gasteiger partial charge in [-0.15, -0.1) is 0 Å². The van der Waals surface area contributed by atoms with Gasteiger partial charge in [0.25, 0.3) is 5.91 Å². The number of hydrogen-bond donors (Lipinski definition) is 2. The first kappa shape index (κ1) is 18.7. The Morgan fingerprint density at radius 1 is 1.13 bits per heavy atom. The van der Waals surface area contributed by atoms with Crippen molar-refractivity contribution in [1.29, 1.82) is 0 Å². The second kappa shape index (κ2) is 7.87. The maximum atomic E-state index is 13.5. The standard InChI is InChI=1S/C22H20FN5OS/c23-14-9-10-18-20(13-14)30-22(27-18)26-17-7-3-6-16(17)25-21(29)15-5-1-2-8-19(15)28-12-4-11-24-28/h1-2,4-5,8-13,16-17H,3,6-7H2,(H,25,29)(H,26,27)/t16-,17-/m0/s1. The number of anilines is 1. The van der Waals surface area contributed by atoms with Crippen LogP contribution < -0.4 is 10.6 Å². The molecule has 8 heteroatoms. The highest BCUT2D eigenvalue weighted by Gasteiger charge is 2.30. The van der Waals surface area contributed by atoms with E-state index in [-0.39, 0.29) is 23.8 Å². The summed E-state index contributed by atoms with van der Waals surface area (Å²) < 4.78 is 16.0. The molecular formula is C22H20FN5OS. The van der Waals surface area contributed by atoms with Crippen molar-refractivity contribution in [1.82, 2.24) is 20.1 Å². The van der Waals surface area contributed by atoms with Crippen LogP contribution >= 0.6 is 11.3 Å². The molecule has 0 bridgehead atoms. The van der Waals surface area contributed by atoms with E-state index in [1.165, 1.54) is 23.5 Å². The van der Waals surface area contributed by atoms with Crippen LogP contribution in [0.3, 0.4) is 0 Å². The fourth-order valence-corrected chi connectivity index (χ4v) is 4.90. The molecular weight excluding hydrogens is 401 g/mol. The van der Waals surface area contributed by atoms with Gasteiger partial charge in [0.05, 0.1) is 21.5 Å². The number of aromatic nitrogens is 3. The molecule has 0 spiro atoms. The zero-order valence-corrected chi connectivity index (χ0v) is 16.9. The van der Waals surface area contributed by atoms with Crippen molar-refractivity contribution in [2.45, 2.75) is 31.3 Å². The van der Waals surface area contributed by atoms with Crippen LogP contribution in [0.1, 0.15) is 29.6 Å². The summed E-state index contributed by atoms with van der Waals surface area (Å²) in [6, 6.07) is 13.9. The Kier molecular flexibility index (Phi) is 4.92. The van der Waals surface area contributed by atoms with E-state index in [0.717, 1.165) is 40.3 Å². The Morgan fingerprint density at radius 2 is 2.00 bits per heavy atom. The van der Waals surface area contributed by atoms with Crippen LogP contribution in [-0.4, -0.2) is 32.8 Å². The molecule has 2 aromatic carbocycles. The lowest BCUT2D eigenvalue weighted by atomic mass is 10.1. The first-order chi connectivity index (χ1) is 14.7. The molecule has 1 fully saturated rings. The minimum Gasteiger partial charge on any atom is -0.357 e. The maximum Gasteiger partial charge on any atom is 0.253 e. The van der Waals surface area contributed by atoms with E-state index in [2.05, 4.69) is 20.7 Å². The van der Waals surface area contributed by atoms with Crippen LogP contribution in [0.5, 0.6) is 0 Å². The average Bonchev–Trinajstić information content (AvgIpc) is 3.49. The van der Waals surface area contributed by atoms with Crippen LogP contribution in [0, 0.1) is 5.82 Å². The molecule has 2 aromatic heterocycles. The van der Waals surface area contributed by atoms with Gasteiger partial charge in [0, 0.05) is 24.5 Å². The van der Waals surface area contributed by atoms with E-state index in [4.69, 9.17) is 0 Å². The summed E-state index contributed by atoms with van der Waals surface area (Å²) in [5, 5.41) is 11.6. The molecule has 1 aliphatic rings. The molecule has 0 unspecified atom stereocenters. The number of halogens is 1. The minimum atomic E-state index is -0.264. The minimum absolute atomic E-state index is 0.00748. The number of carbonyl (C=O) groups excluding carboxylic acids is 1. The highest BCUT2D eigenvalue weighted by Crippen LogP contribution is 2.30. The third-order valence-electron chi connectivity index (χ3n) is 5.39. The number of rotatable bonds is 5. The highest BCUT2D eigenvalue weighted by molar-refractivity contribution is 7.22. The summed E-state index contributed by atoms with van der Waals surface area (Å²) >= 11 is 1.43. The number of hydrogen-bond acceptors (Lipinski definition) is 5. The van der Waals surface area contributed by atoms with Gasteiger partial charge < -0.3 is 10.6 Å². The van der Waals surface area contributed by atoms with Gasteiger partial charge in [-0.05, 0) is 55.7 Å². The molecule has 0 aliphatic heterocycles. The largest absolute Gasteiger partial charge is 0.357 e. The number of amides is 1. The van der Waals surface area contributed by atoms with Crippen molar-refractivity contribution in [3.63, 3.8) is 0 Å². The average molecular weight is 422 g/mol. The number of nitrogens with zero attached hydrogens (tertiary/aromatic N) is 3. The lowest BCUT2D eigenvalue weighted by Crippen LogP contribution is -2.43. The summed E-state index contributed by atoms with van der Waals surface area (Å²) in [6.45, 7) is 0. The van der Waals surface area contributed by atoms with Crippen molar-refractivity contribution >= 4 is 32.6 Å². The first-order valence-electron chi connectivity index (χ1n) is 9.90. The molecule has 152 valence electrons. The predicted octanol–water partition coefficient (Wildman–Crippen LogP) is 4.38. The Labute approximate surface area is 176 Å². The number of benzene rings is 2. The smallest absolute Gasteiger partial charge is 0.253 e. The monoisotopic (exact) mass is 421 g/mol. The summed E-state index contributed by atoms with van der Waals surface area (Å²) in [4.78, 5) is 17.6. The maximum absolute atomic E-state index is 13.5. The van der Waals surface area contributed by atoms with E-state index >= 15 is 0 Å². The highest BCUT2D eigenvalue weighted by atomic mass is 32.1. The fourth-order valence-electron chi connectivity index (χ4n) is 3.95. The lowest BCUT2D eigenvalue weighted by molar-refractivity contribution is 0.0935. The van der Waals surface area contributed by atoms with E-state index < -0.39 is 0 Å². The van der Waals surface area contributed by atoms with Gasteiger partial charge in [-0.3, -0.25) is 4.79 Å². The van der Waals surface area contributed by atoms with Gasteiger partial charge in [-0.25, -0.2) is 14.1 Å². The van der Waals surface area contributed by atoms with Crippen LogP contribution in [0.4, 0.5) is 9.52 Å². The molecule has 1 aliphatic carbocycles. The van der Waals surface area contributed by atoms with Crippen LogP contribution in [-0.2, 0) is 0 Å². The van der Waals surface area contributed by atoms with Gasteiger partial charge in [-0.2, -0.15) is 5.10 Å². The van der Waals surface area contributed by atoms with Crippen LogP contribution in [0.25, 0.3) is 15.9 Å². The normalized spacial score (nSPS) is 18.6. The molecule has 0 radical (unpaired) electrons. The van der Waals surface area contributed by atoms with E-state index in [1.807, 2.05) is 36.5 Å². The van der Waals surface area contributed by atoms with E-state index in [0.29, 0.717) is 5.56 Å². The van der Waals surface area contributed by atoms with E-state index in [9.17, 15) is 9.18 Å². The molecule has 1 amide bonds. The number of nitrogens with one attached hydrogen (secondary N) is 2. The number of fused-ring (bicyclic) bond motifs is 1. The van der Waals surface area contributed by atoms with Crippen molar-refractivity contribution in [2.24, 2.45) is 0 Å². The third kappa shape index (κ3) is 3.66. The second-order valence-electron chi connectivity index (χ2n) is 7.36. The Hall–Kier alpha value is -3.26. The molecule has 6 nitrogen and oxygen atoms in total. The molecule has 1 saturated carbocycles. The molecule has 30 heavy (non-hydrogen) atoms. The van der Waals surface area contributed by atoms with Crippen molar-refractivity contribution in [3.8, 4) is 5.69 Å². The summed E-state index contributed by atoms with van der Waals surface area (Å²) in [5.74, 6) is -0.384. The Balaban J connectivity index is 1.33. The predicted molar refractivity (Wildman–Crippen MR) is 116 cm³/mol. The van der Waals surface area contributed by atoms with Crippen molar-refractivity contribution < 1.29 is 9.18 Å². The van der Waals surface area contributed by atoms with Gasteiger partial charge in [0.1, 0.15) is 5.82 Å². The van der Waals surface area contributed by atoms with Crippen molar-refractivity contribution in [2.75, 3.05) is 5.32 Å². The van der Waals surface area contributed by atoms with Gasteiger partial charge in [-0.1, -0.05) is 23.5 Å². The van der Waals surface area contributed by atoms with Crippen LogP contribution in [0.15, 0.2) is 60.9 Å². The van der Waals surface area contributed by atoms with Crippen molar-refractivity contribution in [3.05, 3.63) is 72.3 Å². The topological polar surface area (TPSA) is 71.8 Å². The molecule has 5 rings (SSSR count). The summed E-state index contributed by atoms with van der Waals surface area (Å²) in [6.07, 6.45) is 6.36. The fraction of sp³-hybridized carbons (Fsp3) is 0.227. The quantitative estimate of drug-likeness (QED) is 0.502. The summed E-state index contributed by atoms with van der Waals surface area (Å²) in [7, 11) is 0. The zero-order valence-electron chi connectivity index (χ0n) is 16.1. The number of carbonyl (C=O) groups is 1. The number of thiazole rings is 1.